The van der Waals surface area contributed by atoms with Gasteiger partial charge in [-0.3, -0.25) is 14.7 Å². The third-order valence-electron chi connectivity index (χ3n) is 5.58. The summed E-state index contributed by atoms with van der Waals surface area (Å²) >= 11 is 7.16. The number of thioether (sulfide) groups is 1. The molecular weight excluding hydrogens is 539 g/mol. The van der Waals surface area contributed by atoms with E-state index < -0.39 is 0 Å². The molecule has 2 aliphatic carbocycles. The predicted octanol–water partition coefficient (Wildman–Crippen LogP) is 6.58. The molecule has 4 nitrogen and oxygen atoms in total. The number of carbonyl (C=O) groups is 1. The molecular formula is C20H24BrIN2O2S. The molecule has 2 heterocycles. The summed E-state index contributed by atoms with van der Waals surface area (Å²) in [4.78, 5) is 21.0. The summed E-state index contributed by atoms with van der Waals surface area (Å²) in [5.41, 5.74) is 0. The highest BCUT2D eigenvalue weighted by Crippen LogP contribution is 2.39. The Morgan fingerprint density at radius 1 is 1.15 bits per heavy atom. The van der Waals surface area contributed by atoms with Gasteiger partial charge in [0.15, 0.2) is 8.93 Å². The standard InChI is InChI=1S/C20H24BrIN2O2S/c21-16-11-15(26-18(16)22)12-17-19(25)24(14-9-5-2-6-10-14)20(27-17)23-13-7-3-1-4-8-13/h11-14H,1-10H2/b17-12-,23-20?. The average Bonchev–Trinajstić information content (AvgIpc) is 3.15. The number of rotatable bonds is 3. The first kappa shape index (κ1) is 20.0. The van der Waals surface area contributed by atoms with Gasteiger partial charge in [0.05, 0.1) is 15.4 Å². The Morgan fingerprint density at radius 2 is 1.81 bits per heavy atom. The van der Waals surface area contributed by atoms with Gasteiger partial charge in [-0.25, -0.2) is 0 Å². The van der Waals surface area contributed by atoms with Gasteiger partial charge >= 0.3 is 0 Å². The number of carbonyl (C=O) groups excluding carboxylic acids is 1. The zero-order valence-electron chi connectivity index (χ0n) is 15.3. The van der Waals surface area contributed by atoms with Gasteiger partial charge in [-0.2, -0.15) is 0 Å². The van der Waals surface area contributed by atoms with E-state index >= 15 is 0 Å². The minimum Gasteiger partial charge on any atom is -0.450 e. The summed E-state index contributed by atoms with van der Waals surface area (Å²) < 4.78 is 7.45. The van der Waals surface area contributed by atoms with Crippen LogP contribution in [0.1, 0.15) is 70.0 Å². The molecule has 1 aromatic rings. The summed E-state index contributed by atoms with van der Waals surface area (Å²) in [6.07, 6.45) is 13.9. The van der Waals surface area contributed by atoms with Crippen LogP contribution in [0.4, 0.5) is 0 Å². The largest absolute Gasteiger partial charge is 0.450 e. The Bertz CT molecular complexity index is 745. The molecule has 0 atom stereocenters. The molecule has 3 fully saturated rings. The van der Waals surface area contributed by atoms with E-state index in [1.807, 2.05) is 17.0 Å². The third-order valence-corrected chi connectivity index (χ3v) is 8.71. The summed E-state index contributed by atoms with van der Waals surface area (Å²) in [6, 6.07) is 2.60. The van der Waals surface area contributed by atoms with Gasteiger partial charge in [-0.05, 0) is 59.4 Å². The Labute approximate surface area is 186 Å². The number of amides is 1. The van der Waals surface area contributed by atoms with Gasteiger partial charge in [0.25, 0.3) is 5.91 Å². The fraction of sp³-hybridized carbons (Fsp3) is 0.600. The summed E-state index contributed by atoms with van der Waals surface area (Å²) in [6.45, 7) is 0. The van der Waals surface area contributed by atoms with Crippen LogP contribution in [0.5, 0.6) is 0 Å². The van der Waals surface area contributed by atoms with E-state index in [0.29, 0.717) is 17.8 Å². The van der Waals surface area contributed by atoms with Crippen molar-refractivity contribution in [2.45, 2.75) is 76.3 Å². The molecule has 27 heavy (non-hydrogen) atoms. The van der Waals surface area contributed by atoms with Gasteiger partial charge in [0.1, 0.15) is 5.76 Å². The lowest BCUT2D eigenvalue weighted by Gasteiger charge is -2.31. The topological polar surface area (TPSA) is 45.8 Å². The minimum absolute atomic E-state index is 0.101. The number of hydrogen-bond acceptors (Lipinski definition) is 4. The lowest BCUT2D eigenvalue weighted by molar-refractivity contribution is -0.124. The average molecular weight is 563 g/mol. The maximum absolute atomic E-state index is 13.3. The second-order valence-corrected chi connectivity index (χ2v) is 10.4. The molecule has 4 rings (SSSR count). The molecule has 1 amide bonds. The number of aliphatic imine (C=N–C) groups is 1. The smallest absolute Gasteiger partial charge is 0.267 e. The molecule has 1 saturated heterocycles. The number of nitrogens with zero attached hydrogens (tertiary/aromatic N) is 2. The van der Waals surface area contributed by atoms with E-state index in [0.717, 1.165) is 44.0 Å². The van der Waals surface area contributed by atoms with E-state index in [1.54, 1.807) is 0 Å². The van der Waals surface area contributed by atoms with E-state index in [-0.39, 0.29) is 5.91 Å². The normalized spacial score (nSPS) is 25.9. The minimum atomic E-state index is 0.101. The Hall–Kier alpha value is -0.280. The number of furan rings is 1. The lowest BCUT2D eigenvalue weighted by atomic mass is 9.94. The molecule has 1 aromatic heterocycles. The first-order chi connectivity index (χ1) is 13.1. The first-order valence-electron chi connectivity index (χ1n) is 9.87. The molecule has 3 aliphatic rings. The van der Waals surface area contributed by atoms with Crippen molar-refractivity contribution >= 4 is 67.4 Å². The van der Waals surface area contributed by atoms with E-state index in [4.69, 9.17) is 9.41 Å². The van der Waals surface area contributed by atoms with Crippen LogP contribution in [0.3, 0.4) is 0 Å². The van der Waals surface area contributed by atoms with Crippen LogP contribution in [0.2, 0.25) is 0 Å². The van der Waals surface area contributed by atoms with Crippen LogP contribution < -0.4 is 0 Å². The van der Waals surface area contributed by atoms with Crippen molar-refractivity contribution in [1.29, 1.82) is 0 Å². The highest BCUT2D eigenvalue weighted by Gasteiger charge is 2.39. The van der Waals surface area contributed by atoms with E-state index in [1.165, 1.54) is 50.3 Å². The van der Waals surface area contributed by atoms with Gasteiger partial charge in [-0.15, -0.1) is 0 Å². The molecule has 0 spiro atoms. The SMILES string of the molecule is O=C1/C(=C/c2cc(Br)c(I)o2)SC(=NC2CCCCC2)N1C1CCCCC1. The van der Waals surface area contributed by atoms with Crippen molar-refractivity contribution in [2.24, 2.45) is 4.99 Å². The van der Waals surface area contributed by atoms with Crippen LogP contribution in [0.15, 0.2) is 24.9 Å². The van der Waals surface area contributed by atoms with Gasteiger partial charge in [0.2, 0.25) is 0 Å². The van der Waals surface area contributed by atoms with Crippen molar-refractivity contribution in [2.75, 3.05) is 0 Å². The fourth-order valence-corrected chi connectivity index (χ4v) is 5.97. The molecule has 0 bridgehead atoms. The van der Waals surface area contributed by atoms with Crippen LogP contribution in [0.25, 0.3) is 6.08 Å². The molecule has 0 aromatic carbocycles. The monoisotopic (exact) mass is 562 g/mol. The zero-order valence-corrected chi connectivity index (χ0v) is 19.8. The van der Waals surface area contributed by atoms with Crippen molar-refractivity contribution in [1.82, 2.24) is 4.90 Å². The highest BCUT2D eigenvalue weighted by atomic mass is 127. The maximum atomic E-state index is 13.3. The quantitative estimate of drug-likeness (QED) is 0.308. The van der Waals surface area contributed by atoms with Gasteiger partial charge in [-0.1, -0.05) is 38.5 Å². The van der Waals surface area contributed by atoms with Crippen molar-refractivity contribution < 1.29 is 9.21 Å². The molecule has 7 heteroatoms. The Balaban J connectivity index is 1.62. The van der Waals surface area contributed by atoms with Crippen LogP contribution in [-0.2, 0) is 4.79 Å². The summed E-state index contributed by atoms with van der Waals surface area (Å²) in [5.74, 6) is 0.814. The van der Waals surface area contributed by atoms with Gasteiger partial charge < -0.3 is 4.42 Å². The highest BCUT2D eigenvalue weighted by molar-refractivity contribution is 14.1. The van der Waals surface area contributed by atoms with E-state index in [2.05, 4.69) is 38.5 Å². The third kappa shape index (κ3) is 4.66. The summed E-state index contributed by atoms with van der Waals surface area (Å²) in [5, 5.41) is 0.922. The first-order valence-corrected chi connectivity index (χ1v) is 12.6. The fourth-order valence-electron chi connectivity index (χ4n) is 4.17. The van der Waals surface area contributed by atoms with Crippen LogP contribution in [-0.4, -0.2) is 28.1 Å². The zero-order chi connectivity index (χ0) is 18.8. The Morgan fingerprint density at radius 3 is 2.44 bits per heavy atom. The number of halogens is 2. The van der Waals surface area contributed by atoms with Crippen LogP contribution >= 0.6 is 50.3 Å². The van der Waals surface area contributed by atoms with Crippen molar-refractivity contribution in [3.63, 3.8) is 0 Å². The van der Waals surface area contributed by atoms with Gasteiger partial charge in [0, 0.05) is 34.7 Å². The van der Waals surface area contributed by atoms with Crippen molar-refractivity contribution in [3.05, 3.63) is 25.0 Å². The molecule has 146 valence electrons. The molecule has 1 aliphatic heterocycles. The number of amidine groups is 1. The second kappa shape index (κ2) is 9.03. The summed E-state index contributed by atoms with van der Waals surface area (Å²) in [7, 11) is 0. The molecule has 0 unspecified atom stereocenters. The Kier molecular flexibility index (Phi) is 6.69. The second-order valence-electron chi connectivity index (χ2n) is 7.55. The van der Waals surface area contributed by atoms with E-state index in [9.17, 15) is 4.79 Å². The maximum Gasteiger partial charge on any atom is 0.267 e. The predicted molar refractivity (Wildman–Crippen MR) is 123 cm³/mol. The van der Waals surface area contributed by atoms with Crippen molar-refractivity contribution in [3.8, 4) is 0 Å². The molecule has 0 radical (unpaired) electrons. The number of hydrogen-bond donors (Lipinski definition) is 0. The van der Waals surface area contributed by atoms with Crippen LogP contribution in [0, 0.1) is 3.77 Å². The molecule has 0 N–H and O–H groups in total. The lowest BCUT2D eigenvalue weighted by Crippen LogP contribution is -2.41. The molecule has 2 saturated carbocycles.